The zero-order valence-electron chi connectivity index (χ0n) is 15.9. The monoisotopic (exact) mass is 335 g/mol. The van der Waals surface area contributed by atoms with Gasteiger partial charge >= 0.3 is 5.97 Å². The number of aromatic nitrogens is 1. The first-order chi connectivity index (χ1) is 11.8. The van der Waals surface area contributed by atoms with Crippen LogP contribution in [-0.2, 0) is 11.2 Å². The number of hydrogen-bond acceptors (Lipinski definition) is 2. The molecular weight excluding hydrogens is 298 g/mol. The van der Waals surface area contributed by atoms with Crippen LogP contribution in [0.15, 0.2) is 12.3 Å². The van der Waals surface area contributed by atoms with Gasteiger partial charge in [-0.25, -0.2) is 4.79 Å². The van der Waals surface area contributed by atoms with Gasteiger partial charge < -0.3 is 9.72 Å². The molecule has 1 heterocycles. The summed E-state index contributed by atoms with van der Waals surface area (Å²) in [6, 6.07) is 1.93. The van der Waals surface area contributed by atoms with Crippen LogP contribution in [0.1, 0.15) is 107 Å². The van der Waals surface area contributed by atoms with E-state index in [1.54, 1.807) is 6.20 Å². The third-order valence-corrected chi connectivity index (χ3v) is 4.55. The summed E-state index contributed by atoms with van der Waals surface area (Å²) in [7, 11) is 0. The fourth-order valence-corrected chi connectivity index (χ4v) is 3.07. The SMILES string of the molecule is CCCCCCCCCCCCCCc1cc(C(=O)OCC)c[nH]1. The van der Waals surface area contributed by atoms with E-state index >= 15 is 0 Å². The van der Waals surface area contributed by atoms with Gasteiger partial charge in [0, 0.05) is 11.9 Å². The topological polar surface area (TPSA) is 42.1 Å². The highest BCUT2D eigenvalue weighted by Crippen LogP contribution is 2.13. The number of carbonyl (C=O) groups is 1. The van der Waals surface area contributed by atoms with E-state index < -0.39 is 0 Å². The van der Waals surface area contributed by atoms with Crippen LogP contribution in [0.5, 0.6) is 0 Å². The highest BCUT2D eigenvalue weighted by molar-refractivity contribution is 5.89. The summed E-state index contributed by atoms with van der Waals surface area (Å²) in [6.07, 6.45) is 19.2. The Bertz CT molecular complexity index is 425. The Morgan fingerprint density at radius 2 is 1.42 bits per heavy atom. The van der Waals surface area contributed by atoms with Crippen LogP contribution in [0.25, 0.3) is 0 Å². The van der Waals surface area contributed by atoms with Crippen molar-refractivity contribution in [3.05, 3.63) is 23.5 Å². The van der Waals surface area contributed by atoms with E-state index in [0.717, 1.165) is 12.1 Å². The molecule has 0 bridgehead atoms. The number of aromatic amines is 1. The van der Waals surface area contributed by atoms with Crippen molar-refractivity contribution >= 4 is 5.97 Å². The summed E-state index contributed by atoms with van der Waals surface area (Å²) in [5.74, 6) is -0.227. The van der Waals surface area contributed by atoms with Gasteiger partial charge in [-0.2, -0.15) is 0 Å². The summed E-state index contributed by atoms with van der Waals surface area (Å²) < 4.78 is 5.00. The molecule has 24 heavy (non-hydrogen) atoms. The molecule has 3 nitrogen and oxygen atoms in total. The van der Waals surface area contributed by atoms with Crippen molar-refractivity contribution in [3.8, 4) is 0 Å². The molecule has 0 aliphatic rings. The predicted molar refractivity (Wildman–Crippen MR) is 102 cm³/mol. The third-order valence-electron chi connectivity index (χ3n) is 4.55. The second-order valence-electron chi connectivity index (χ2n) is 6.77. The summed E-state index contributed by atoms with van der Waals surface area (Å²) in [5, 5.41) is 0. The first kappa shape index (κ1) is 20.8. The number of rotatable bonds is 15. The molecule has 0 spiro atoms. The molecule has 0 radical (unpaired) electrons. The number of hydrogen-bond donors (Lipinski definition) is 1. The smallest absolute Gasteiger partial charge is 0.339 e. The molecule has 1 N–H and O–H groups in total. The number of H-pyrrole nitrogens is 1. The normalized spacial score (nSPS) is 10.9. The van der Waals surface area contributed by atoms with Crippen molar-refractivity contribution in [2.24, 2.45) is 0 Å². The lowest BCUT2D eigenvalue weighted by atomic mass is 10.0. The van der Waals surface area contributed by atoms with E-state index in [9.17, 15) is 4.79 Å². The van der Waals surface area contributed by atoms with Gasteiger partial charge in [-0.15, -0.1) is 0 Å². The Kier molecular flexibility index (Phi) is 12.2. The predicted octanol–water partition coefficient (Wildman–Crippen LogP) is 6.44. The largest absolute Gasteiger partial charge is 0.462 e. The zero-order valence-corrected chi connectivity index (χ0v) is 15.9. The van der Waals surface area contributed by atoms with E-state index in [1.165, 1.54) is 77.0 Å². The number of nitrogens with one attached hydrogen (secondary N) is 1. The minimum absolute atomic E-state index is 0.227. The highest BCUT2D eigenvalue weighted by Gasteiger charge is 2.08. The number of unbranched alkanes of at least 4 members (excludes halogenated alkanes) is 11. The molecule has 3 heteroatoms. The van der Waals surface area contributed by atoms with Crippen molar-refractivity contribution in [1.82, 2.24) is 4.98 Å². The Morgan fingerprint density at radius 1 is 0.875 bits per heavy atom. The lowest BCUT2D eigenvalue weighted by molar-refractivity contribution is 0.0526. The van der Waals surface area contributed by atoms with Gasteiger partial charge in [0.15, 0.2) is 0 Å². The molecule has 0 amide bonds. The Balaban J connectivity index is 1.92. The first-order valence-corrected chi connectivity index (χ1v) is 10.1. The molecule has 0 aromatic carbocycles. The van der Waals surface area contributed by atoms with Gasteiger partial charge in [-0.1, -0.05) is 77.6 Å². The number of aryl methyl sites for hydroxylation is 1. The molecule has 1 aromatic heterocycles. The summed E-state index contributed by atoms with van der Waals surface area (Å²) in [4.78, 5) is 14.8. The average molecular weight is 336 g/mol. The van der Waals surface area contributed by atoms with Crippen LogP contribution in [0.4, 0.5) is 0 Å². The van der Waals surface area contributed by atoms with Crippen LogP contribution in [0.2, 0.25) is 0 Å². The Labute approximate surface area is 148 Å². The summed E-state index contributed by atoms with van der Waals surface area (Å²) in [6.45, 7) is 4.53. The minimum atomic E-state index is -0.227. The van der Waals surface area contributed by atoms with E-state index in [-0.39, 0.29) is 5.97 Å². The third kappa shape index (κ3) is 9.79. The Hall–Kier alpha value is -1.25. The maximum absolute atomic E-state index is 11.6. The molecule has 0 fully saturated rings. The summed E-state index contributed by atoms with van der Waals surface area (Å²) >= 11 is 0. The van der Waals surface area contributed by atoms with Gasteiger partial charge in [0.2, 0.25) is 0 Å². The zero-order chi connectivity index (χ0) is 17.5. The lowest BCUT2D eigenvalue weighted by Gasteiger charge is -2.02. The molecule has 1 aromatic rings. The Morgan fingerprint density at radius 3 is 1.96 bits per heavy atom. The highest BCUT2D eigenvalue weighted by atomic mass is 16.5. The standard InChI is InChI=1S/C21H37NO2/c1-3-5-6-7-8-9-10-11-12-13-14-15-16-20-17-19(18-22-20)21(23)24-4-2/h17-18,22H,3-16H2,1-2H3. The van der Waals surface area contributed by atoms with Crippen molar-refractivity contribution in [2.75, 3.05) is 6.61 Å². The molecule has 1 rings (SSSR count). The molecule has 138 valence electrons. The van der Waals surface area contributed by atoms with Crippen LogP contribution in [0, 0.1) is 0 Å². The van der Waals surface area contributed by atoms with Crippen molar-refractivity contribution < 1.29 is 9.53 Å². The molecule has 0 saturated heterocycles. The molecule has 0 saturated carbocycles. The van der Waals surface area contributed by atoms with Crippen LogP contribution in [-0.4, -0.2) is 17.6 Å². The van der Waals surface area contributed by atoms with Gasteiger partial charge in [0.1, 0.15) is 0 Å². The van der Waals surface area contributed by atoms with Crippen LogP contribution >= 0.6 is 0 Å². The molecule has 0 atom stereocenters. The minimum Gasteiger partial charge on any atom is -0.462 e. The maximum atomic E-state index is 11.6. The van der Waals surface area contributed by atoms with Gasteiger partial charge in [-0.05, 0) is 25.8 Å². The van der Waals surface area contributed by atoms with E-state index in [2.05, 4.69) is 11.9 Å². The number of carbonyl (C=O) groups excluding carboxylic acids is 1. The van der Waals surface area contributed by atoms with E-state index in [1.807, 2.05) is 13.0 Å². The fourth-order valence-electron chi connectivity index (χ4n) is 3.07. The second kappa shape index (κ2) is 14.1. The quantitative estimate of drug-likeness (QED) is 0.296. The fraction of sp³-hybridized carbons (Fsp3) is 0.762. The molecule has 0 unspecified atom stereocenters. The molecule has 0 aliphatic heterocycles. The summed E-state index contributed by atoms with van der Waals surface area (Å²) in [5.41, 5.74) is 1.79. The molecule has 0 aliphatic carbocycles. The van der Waals surface area contributed by atoms with Gasteiger partial charge in [0.05, 0.1) is 12.2 Å². The number of ether oxygens (including phenoxy) is 1. The lowest BCUT2D eigenvalue weighted by Crippen LogP contribution is -2.02. The average Bonchev–Trinajstić information content (AvgIpc) is 3.05. The van der Waals surface area contributed by atoms with Gasteiger partial charge in [-0.3, -0.25) is 0 Å². The van der Waals surface area contributed by atoms with Crippen LogP contribution in [0.3, 0.4) is 0 Å². The first-order valence-electron chi connectivity index (χ1n) is 10.1. The van der Waals surface area contributed by atoms with E-state index in [0.29, 0.717) is 12.2 Å². The van der Waals surface area contributed by atoms with Crippen molar-refractivity contribution in [1.29, 1.82) is 0 Å². The molecular formula is C21H37NO2. The maximum Gasteiger partial charge on any atom is 0.339 e. The number of esters is 1. The van der Waals surface area contributed by atoms with Crippen molar-refractivity contribution in [3.63, 3.8) is 0 Å². The van der Waals surface area contributed by atoms with Crippen molar-refractivity contribution in [2.45, 2.75) is 97.3 Å². The van der Waals surface area contributed by atoms with Gasteiger partial charge in [0.25, 0.3) is 0 Å². The van der Waals surface area contributed by atoms with Crippen LogP contribution < -0.4 is 0 Å². The second-order valence-corrected chi connectivity index (χ2v) is 6.77. The van der Waals surface area contributed by atoms with E-state index in [4.69, 9.17) is 4.74 Å².